The van der Waals surface area contributed by atoms with Crippen LogP contribution in [0.1, 0.15) is 31.4 Å². The van der Waals surface area contributed by atoms with Gasteiger partial charge in [-0.1, -0.05) is 37.3 Å². The molecule has 2 rings (SSSR count). The summed E-state index contributed by atoms with van der Waals surface area (Å²) in [6.45, 7) is 3.56. The number of ether oxygens (including phenoxy) is 1. The number of rotatable bonds is 4. The molecule has 0 bridgehead atoms. The molecule has 1 amide bonds. The number of alkyl carbamates (subject to hydrolysis) is 1. The van der Waals surface area contributed by atoms with Crippen LogP contribution in [0.5, 0.6) is 0 Å². The van der Waals surface area contributed by atoms with Crippen LogP contribution >= 0.6 is 0 Å². The number of β-amino-alcohol motifs (C(OH)–C–C–N with tert-alkyl or cyclic N) is 1. The molecule has 1 heterocycles. The van der Waals surface area contributed by atoms with E-state index in [-0.39, 0.29) is 6.04 Å². The van der Waals surface area contributed by atoms with E-state index >= 15 is 0 Å². The molecule has 0 aromatic heterocycles. The van der Waals surface area contributed by atoms with Crippen LogP contribution in [-0.4, -0.2) is 48.4 Å². The lowest BCUT2D eigenvalue weighted by molar-refractivity contribution is 0.0189. The Morgan fingerprint density at radius 1 is 1.48 bits per heavy atom. The second-order valence-electron chi connectivity index (χ2n) is 5.43. The first kappa shape index (κ1) is 15.8. The Morgan fingerprint density at radius 3 is 2.76 bits per heavy atom. The van der Waals surface area contributed by atoms with Crippen molar-refractivity contribution in [3.05, 3.63) is 35.9 Å². The summed E-state index contributed by atoms with van der Waals surface area (Å²) in [5, 5.41) is 13.0. The molecule has 1 fully saturated rings. The van der Waals surface area contributed by atoms with Gasteiger partial charge in [0.05, 0.1) is 19.3 Å². The Bertz CT molecular complexity index is 452. The molecule has 0 saturated carbocycles. The Kier molecular flexibility index (Phi) is 5.59. The maximum atomic E-state index is 11.3. The minimum atomic E-state index is -0.574. The van der Waals surface area contributed by atoms with Gasteiger partial charge in [0.1, 0.15) is 0 Å². The molecule has 1 aromatic carbocycles. The van der Waals surface area contributed by atoms with Gasteiger partial charge in [-0.3, -0.25) is 4.90 Å². The second kappa shape index (κ2) is 7.43. The zero-order chi connectivity index (χ0) is 15.2. The molecule has 1 aromatic rings. The highest BCUT2D eigenvalue weighted by Crippen LogP contribution is 2.27. The van der Waals surface area contributed by atoms with Crippen molar-refractivity contribution in [1.82, 2.24) is 10.2 Å². The van der Waals surface area contributed by atoms with Crippen molar-refractivity contribution in [3.8, 4) is 0 Å². The first-order valence-electron chi connectivity index (χ1n) is 7.47. The summed E-state index contributed by atoms with van der Waals surface area (Å²) >= 11 is 0. The monoisotopic (exact) mass is 292 g/mol. The number of carbonyl (C=O) groups excluding carboxylic acids is 1. The smallest absolute Gasteiger partial charge is 0.407 e. The maximum absolute atomic E-state index is 11.3. The highest BCUT2D eigenvalue weighted by atomic mass is 16.5. The molecule has 0 radical (unpaired) electrons. The fourth-order valence-electron chi connectivity index (χ4n) is 3.00. The number of hydrogen-bond acceptors (Lipinski definition) is 4. The molecule has 2 N–H and O–H groups in total. The number of benzene rings is 1. The normalized spacial score (nSPS) is 24.3. The molecule has 116 valence electrons. The second-order valence-corrected chi connectivity index (χ2v) is 5.43. The Balaban J connectivity index is 1.99. The number of aliphatic hydroxyl groups excluding tert-OH is 1. The van der Waals surface area contributed by atoms with Crippen LogP contribution in [0.15, 0.2) is 30.3 Å². The van der Waals surface area contributed by atoms with Crippen LogP contribution in [0.3, 0.4) is 0 Å². The van der Waals surface area contributed by atoms with Gasteiger partial charge in [0, 0.05) is 19.1 Å². The Labute approximate surface area is 125 Å². The molecule has 21 heavy (non-hydrogen) atoms. The van der Waals surface area contributed by atoms with Crippen molar-refractivity contribution < 1.29 is 14.6 Å². The van der Waals surface area contributed by atoms with Gasteiger partial charge in [0.15, 0.2) is 0 Å². The average Bonchev–Trinajstić information content (AvgIpc) is 2.51. The van der Waals surface area contributed by atoms with Crippen LogP contribution in [-0.2, 0) is 4.74 Å². The van der Waals surface area contributed by atoms with Crippen LogP contribution < -0.4 is 5.32 Å². The zero-order valence-corrected chi connectivity index (χ0v) is 12.7. The van der Waals surface area contributed by atoms with Crippen molar-refractivity contribution in [3.63, 3.8) is 0 Å². The van der Waals surface area contributed by atoms with Crippen molar-refractivity contribution in [1.29, 1.82) is 0 Å². The van der Waals surface area contributed by atoms with E-state index in [0.717, 1.165) is 19.4 Å². The topological polar surface area (TPSA) is 61.8 Å². The third-order valence-corrected chi connectivity index (χ3v) is 4.11. The van der Waals surface area contributed by atoms with E-state index in [1.807, 2.05) is 18.2 Å². The lowest BCUT2D eigenvalue weighted by Gasteiger charge is -2.40. The summed E-state index contributed by atoms with van der Waals surface area (Å²) in [5.41, 5.74) is 1.27. The number of carbonyl (C=O) groups is 1. The zero-order valence-electron chi connectivity index (χ0n) is 12.7. The fraction of sp³-hybridized carbons (Fsp3) is 0.562. The lowest BCUT2D eigenvalue weighted by Crippen LogP contribution is -2.54. The number of likely N-dealkylation sites (tertiary alicyclic amines) is 1. The van der Waals surface area contributed by atoms with Crippen LogP contribution in [0, 0.1) is 0 Å². The average molecular weight is 292 g/mol. The Hall–Kier alpha value is -1.59. The van der Waals surface area contributed by atoms with Crippen molar-refractivity contribution in [2.24, 2.45) is 0 Å². The standard InChI is InChI=1S/C16H24N2O3/c1-3-14(12-7-5-4-6-8-12)18-10-9-13(15(19)11-18)17-16(20)21-2/h4-8,13-15,19H,3,9-11H2,1-2H3,(H,17,20)/t13-,14?,15-/m0/s1. The molecule has 3 atom stereocenters. The number of hydrogen-bond donors (Lipinski definition) is 2. The first-order chi connectivity index (χ1) is 10.2. The number of methoxy groups -OCH3 is 1. The third kappa shape index (κ3) is 3.95. The molecular formula is C16H24N2O3. The van der Waals surface area contributed by atoms with Gasteiger partial charge in [0.25, 0.3) is 0 Å². The number of aliphatic hydroxyl groups is 1. The van der Waals surface area contributed by atoms with Gasteiger partial charge in [-0.25, -0.2) is 4.79 Å². The largest absolute Gasteiger partial charge is 0.453 e. The van der Waals surface area contributed by atoms with Gasteiger partial charge in [-0.2, -0.15) is 0 Å². The van der Waals surface area contributed by atoms with E-state index in [4.69, 9.17) is 0 Å². The van der Waals surface area contributed by atoms with Crippen LogP contribution in [0.4, 0.5) is 4.79 Å². The van der Waals surface area contributed by atoms with E-state index < -0.39 is 12.2 Å². The summed E-state index contributed by atoms with van der Waals surface area (Å²) in [5.74, 6) is 0. The van der Waals surface area contributed by atoms with Gasteiger partial charge in [-0.05, 0) is 18.4 Å². The number of amides is 1. The predicted molar refractivity (Wildman–Crippen MR) is 81.0 cm³/mol. The van der Waals surface area contributed by atoms with Crippen molar-refractivity contribution >= 4 is 6.09 Å². The minimum Gasteiger partial charge on any atom is -0.453 e. The maximum Gasteiger partial charge on any atom is 0.407 e. The molecule has 5 heteroatoms. The summed E-state index contributed by atoms with van der Waals surface area (Å²) in [6.07, 6.45) is 0.657. The van der Waals surface area contributed by atoms with E-state index in [1.54, 1.807) is 0 Å². The summed E-state index contributed by atoms with van der Waals surface area (Å²) < 4.78 is 4.59. The summed E-state index contributed by atoms with van der Waals surface area (Å²) in [4.78, 5) is 13.5. The van der Waals surface area contributed by atoms with Gasteiger partial charge >= 0.3 is 6.09 Å². The highest BCUT2D eigenvalue weighted by molar-refractivity contribution is 5.67. The molecule has 0 aliphatic carbocycles. The summed E-state index contributed by atoms with van der Waals surface area (Å²) in [6, 6.07) is 10.4. The van der Waals surface area contributed by atoms with Gasteiger partial charge < -0.3 is 15.2 Å². The fourth-order valence-corrected chi connectivity index (χ4v) is 3.00. The molecular weight excluding hydrogens is 268 g/mol. The quantitative estimate of drug-likeness (QED) is 0.890. The molecule has 1 aliphatic heterocycles. The lowest BCUT2D eigenvalue weighted by atomic mass is 9.96. The van der Waals surface area contributed by atoms with Crippen molar-refractivity contribution in [2.45, 2.75) is 38.0 Å². The van der Waals surface area contributed by atoms with E-state index in [9.17, 15) is 9.90 Å². The van der Waals surface area contributed by atoms with E-state index in [1.165, 1.54) is 12.7 Å². The van der Waals surface area contributed by atoms with Crippen LogP contribution in [0.25, 0.3) is 0 Å². The molecule has 1 saturated heterocycles. The number of nitrogens with zero attached hydrogens (tertiary/aromatic N) is 1. The Morgan fingerprint density at radius 2 is 2.19 bits per heavy atom. The third-order valence-electron chi connectivity index (χ3n) is 4.11. The first-order valence-corrected chi connectivity index (χ1v) is 7.47. The van der Waals surface area contributed by atoms with E-state index in [2.05, 4.69) is 34.0 Å². The van der Waals surface area contributed by atoms with Gasteiger partial charge in [-0.15, -0.1) is 0 Å². The number of nitrogens with one attached hydrogen (secondary N) is 1. The summed E-state index contributed by atoms with van der Waals surface area (Å²) in [7, 11) is 1.33. The molecule has 0 spiro atoms. The van der Waals surface area contributed by atoms with Crippen molar-refractivity contribution in [2.75, 3.05) is 20.2 Å². The van der Waals surface area contributed by atoms with E-state index in [0.29, 0.717) is 12.6 Å². The molecule has 1 unspecified atom stereocenters. The molecule has 5 nitrogen and oxygen atoms in total. The molecule has 1 aliphatic rings. The number of piperidine rings is 1. The van der Waals surface area contributed by atoms with Gasteiger partial charge in [0.2, 0.25) is 0 Å². The minimum absolute atomic E-state index is 0.234. The highest BCUT2D eigenvalue weighted by Gasteiger charge is 2.32. The predicted octanol–water partition coefficient (Wildman–Crippen LogP) is 1.93. The van der Waals surface area contributed by atoms with Crippen LogP contribution in [0.2, 0.25) is 0 Å². The SMILES string of the molecule is CCC(c1ccccc1)N1CC[C@H](NC(=O)OC)[C@@H](O)C1.